The summed E-state index contributed by atoms with van der Waals surface area (Å²) in [6.07, 6.45) is 0.292. The van der Waals surface area contributed by atoms with Gasteiger partial charge >= 0.3 is 0 Å². The van der Waals surface area contributed by atoms with E-state index < -0.39 is 0 Å². The SMILES string of the molecule is CC(C)CN(CCC(=O)N1CCN(C(c2ccccc2)c2ccccc2)CC1)C(=O)c1ccc(Cl)c(Cl)c1. The lowest BCUT2D eigenvalue weighted by Crippen LogP contribution is -2.50. The van der Waals surface area contributed by atoms with Gasteiger partial charge < -0.3 is 9.80 Å². The molecule has 2 amide bonds. The molecule has 1 saturated heterocycles. The van der Waals surface area contributed by atoms with Gasteiger partial charge in [-0.2, -0.15) is 0 Å². The molecule has 1 heterocycles. The standard InChI is InChI=1S/C31H35Cl2N3O2/c1-23(2)22-36(31(38)26-13-14-27(32)28(33)21-26)16-15-29(37)34-17-19-35(20-18-34)30(24-9-5-3-6-10-24)25-11-7-4-8-12-25/h3-14,21,23,30H,15-20,22H2,1-2H3. The molecule has 1 aliphatic rings. The number of piperazine rings is 1. The molecule has 3 aromatic rings. The van der Waals surface area contributed by atoms with Crippen molar-refractivity contribution in [1.82, 2.24) is 14.7 Å². The fraction of sp³-hybridized carbons (Fsp3) is 0.355. The molecule has 0 spiro atoms. The zero-order valence-electron chi connectivity index (χ0n) is 22.0. The van der Waals surface area contributed by atoms with Crippen LogP contribution in [0.5, 0.6) is 0 Å². The second-order valence-corrected chi connectivity index (χ2v) is 11.0. The Morgan fingerprint density at radius 1 is 0.816 bits per heavy atom. The van der Waals surface area contributed by atoms with Crippen LogP contribution in [-0.2, 0) is 4.79 Å². The molecule has 38 heavy (non-hydrogen) atoms. The van der Waals surface area contributed by atoms with E-state index in [1.807, 2.05) is 17.0 Å². The van der Waals surface area contributed by atoms with Crippen LogP contribution in [0.2, 0.25) is 10.0 Å². The number of hydrogen-bond donors (Lipinski definition) is 0. The Bertz CT molecular complexity index is 1170. The highest BCUT2D eigenvalue weighted by Gasteiger charge is 2.28. The average molecular weight is 553 g/mol. The van der Waals surface area contributed by atoms with Gasteiger partial charge in [-0.15, -0.1) is 0 Å². The molecule has 1 aliphatic heterocycles. The minimum atomic E-state index is -0.136. The second-order valence-electron chi connectivity index (χ2n) is 10.2. The highest BCUT2D eigenvalue weighted by Crippen LogP contribution is 2.29. The van der Waals surface area contributed by atoms with Crippen LogP contribution in [0.1, 0.15) is 47.8 Å². The molecule has 0 unspecified atom stereocenters. The molecule has 0 aliphatic carbocycles. The largest absolute Gasteiger partial charge is 0.340 e. The van der Waals surface area contributed by atoms with Crippen molar-refractivity contribution >= 4 is 35.0 Å². The minimum Gasteiger partial charge on any atom is -0.340 e. The molecule has 7 heteroatoms. The van der Waals surface area contributed by atoms with Crippen molar-refractivity contribution in [2.24, 2.45) is 5.92 Å². The third-order valence-corrected chi connectivity index (χ3v) is 7.64. The highest BCUT2D eigenvalue weighted by molar-refractivity contribution is 6.42. The monoisotopic (exact) mass is 551 g/mol. The van der Waals surface area contributed by atoms with Crippen LogP contribution < -0.4 is 0 Å². The van der Waals surface area contributed by atoms with E-state index in [2.05, 4.69) is 67.3 Å². The molecule has 200 valence electrons. The lowest BCUT2D eigenvalue weighted by atomic mass is 9.96. The quantitative estimate of drug-likeness (QED) is 0.308. The molecule has 5 nitrogen and oxygen atoms in total. The average Bonchev–Trinajstić information content (AvgIpc) is 2.93. The van der Waals surface area contributed by atoms with E-state index in [1.54, 1.807) is 23.1 Å². The Morgan fingerprint density at radius 2 is 1.39 bits per heavy atom. The molecular formula is C31H35Cl2N3O2. The number of halogens is 2. The van der Waals surface area contributed by atoms with Crippen LogP contribution in [0, 0.1) is 5.92 Å². The first-order valence-corrected chi connectivity index (χ1v) is 13.9. The summed E-state index contributed by atoms with van der Waals surface area (Å²) in [5.74, 6) is 0.216. The van der Waals surface area contributed by atoms with Gasteiger partial charge in [-0.05, 0) is 35.2 Å². The van der Waals surface area contributed by atoms with Crippen molar-refractivity contribution in [3.8, 4) is 0 Å². The second kappa shape index (κ2) is 13.3. The van der Waals surface area contributed by atoms with Crippen LogP contribution in [0.25, 0.3) is 0 Å². The van der Waals surface area contributed by atoms with Gasteiger partial charge in [0, 0.05) is 51.3 Å². The Hall–Kier alpha value is -2.86. The van der Waals surface area contributed by atoms with Crippen LogP contribution in [0.3, 0.4) is 0 Å². The summed E-state index contributed by atoms with van der Waals surface area (Å²) in [4.78, 5) is 32.5. The normalized spacial score (nSPS) is 14.2. The molecular weight excluding hydrogens is 517 g/mol. The number of rotatable bonds is 9. The first kappa shape index (κ1) is 28.2. The molecule has 0 bridgehead atoms. The molecule has 3 aromatic carbocycles. The highest BCUT2D eigenvalue weighted by atomic mass is 35.5. The summed E-state index contributed by atoms with van der Waals surface area (Å²) < 4.78 is 0. The summed E-state index contributed by atoms with van der Waals surface area (Å²) in [6, 6.07) is 26.1. The topological polar surface area (TPSA) is 43.9 Å². The number of nitrogens with zero attached hydrogens (tertiary/aromatic N) is 3. The van der Waals surface area contributed by atoms with Crippen molar-refractivity contribution in [3.05, 3.63) is 106 Å². The Balaban J connectivity index is 1.38. The van der Waals surface area contributed by atoms with Gasteiger partial charge in [0.2, 0.25) is 5.91 Å². The summed E-state index contributed by atoms with van der Waals surface area (Å²) in [7, 11) is 0. The zero-order valence-corrected chi connectivity index (χ0v) is 23.5. The van der Waals surface area contributed by atoms with Crippen LogP contribution in [0.15, 0.2) is 78.9 Å². The van der Waals surface area contributed by atoms with Gasteiger partial charge in [0.15, 0.2) is 0 Å². The Morgan fingerprint density at radius 3 is 1.92 bits per heavy atom. The number of carbonyl (C=O) groups excluding carboxylic acids is 2. The van der Waals surface area contributed by atoms with E-state index in [4.69, 9.17) is 23.2 Å². The first-order valence-electron chi connectivity index (χ1n) is 13.2. The van der Waals surface area contributed by atoms with E-state index >= 15 is 0 Å². The van der Waals surface area contributed by atoms with E-state index in [9.17, 15) is 9.59 Å². The van der Waals surface area contributed by atoms with Crippen molar-refractivity contribution in [1.29, 1.82) is 0 Å². The summed E-state index contributed by atoms with van der Waals surface area (Å²) >= 11 is 12.2. The summed E-state index contributed by atoms with van der Waals surface area (Å²) in [6.45, 7) is 7.97. The first-order chi connectivity index (χ1) is 18.3. The molecule has 0 atom stereocenters. The van der Waals surface area contributed by atoms with E-state index in [0.717, 1.165) is 13.1 Å². The molecule has 0 saturated carbocycles. The number of amides is 2. The van der Waals surface area contributed by atoms with Gasteiger partial charge in [-0.1, -0.05) is 97.7 Å². The minimum absolute atomic E-state index is 0.0799. The number of hydrogen-bond acceptors (Lipinski definition) is 3. The lowest BCUT2D eigenvalue weighted by molar-refractivity contribution is -0.133. The molecule has 4 rings (SSSR count). The predicted octanol–water partition coefficient (Wildman–Crippen LogP) is 6.42. The van der Waals surface area contributed by atoms with Crippen molar-refractivity contribution in [3.63, 3.8) is 0 Å². The van der Waals surface area contributed by atoms with Gasteiger partial charge in [0.05, 0.1) is 16.1 Å². The van der Waals surface area contributed by atoms with E-state index in [-0.39, 0.29) is 23.8 Å². The smallest absolute Gasteiger partial charge is 0.253 e. The fourth-order valence-corrected chi connectivity index (χ4v) is 5.33. The third-order valence-electron chi connectivity index (χ3n) is 6.90. The van der Waals surface area contributed by atoms with Crippen molar-refractivity contribution in [2.45, 2.75) is 26.3 Å². The zero-order chi connectivity index (χ0) is 27.1. The third kappa shape index (κ3) is 7.16. The number of benzene rings is 3. The Labute approximate surface area is 235 Å². The molecule has 0 radical (unpaired) electrons. The summed E-state index contributed by atoms with van der Waals surface area (Å²) in [5.41, 5.74) is 2.99. The predicted molar refractivity (Wildman–Crippen MR) is 155 cm³/mol. The van der Waals surface area contributed by atoms with Gasteiger partial charge in [0.25, 0.3) is 5.91 Å². The maximum Gasteiger partial charge on any atom is 0.253 e. The lowest BCUT2D eigenvalue weighted by Gasteiger charge is -2.40. The van der Waals surface area contributed by atoms with Gasteiger partial charge in [0.1, 0.15) is 0 Å². The summed E-state index contributed by atoms with van der Waals surface area (Å²) in [5, 5.41) is 0.759. The fourth-order valence-electron chi connectivity index (χ4n) is 5.03. The maximum absolute atomic E-state index is 13.2. The maximum atomic E-state index is 13.2. The van der Waals surface area contributed by atoms with Crippen LogP contribution in [0.4, 0.5) is 0 Å². The van der Waals surface area contributed by atoms with Crippen LogP contribution >= 0.6 is 23.2 Å². The molecule has 0 N–H and O–H groups in total. The van der Waals surface area contributed by atoms with Gasteiger partial charge in [-0.3, -0.25) is 14.5 Å². The van der Waals surface area contributed by atoms with Gasteiger partial charge in [-0.25, -0.2) is 0 Å². The van der Waals surface area contributed by atoms with Crippen LogP contribution in [-0.4, -0.2) is 65.8 Å². The van der Waals surface area contributed by atoms with Crippen molar-refractivity contribution in [2.75, 3.05) is 39.3 Å². The number of carbonyl (C=O) groups is 2. The Kier molecular flexibility index (Phi) is 9.84. The molecule has 0 aromatic heterocycles. The van der Waals surface area contributed by atoms with Crippen molar-refractivity contribution < 1.29 is 9.59 Å². The molecule has 1 fully saturated rings. The van der Waals surface area contributed by atoms with E-state index in [1.165, 1.54) is 11.1 Å². The van der Waals surface area contributed by atoms with E-state index in [0.29, 0.717) is 48.2 Å².